The van der Waals surface area contributed by atoms with Crippen molar-refractivity contribution in [1.29, 1.82) is 0 Å². The van der Waals surface area contributed by atoms with Gasteiger partial charge in [0.05, 0.1) is 5.69 Å². The van der Waals surface area contributed by atoms with Gasteiger partial charge in [-0.25, -0.2) is 4.68 Å². The van der Waals surface area contributed by atoms with E-state index in [-0.39, 0.29) is 12.5 Å². The maximum absolute atomic E-state index is 12.4. The molecule has 2 N–H and O–H groups in total. The van der Waals surface area contributed by atoms with Gasteiger partial charge in [-0.3, -0.25) is 4.79 Å². The van der Waals surface area contributed by atoms with Crippen molar-refractivity contribution in [3.8, 4) is 0 Å². The molecule has 0 atom stereocenters. The summed E-state index contributed by atoms with van der Waals surface area (Å²) in [4.78, 5) is 14.2. The van der Waals surface area contributed by atoms with Gasteiger partial charge in [-0.2, -0.15) is 5.10 Å². The van der Waals surface area contributed by atoms with Crippen molar-refractivity contribution in [3.05, 3.63) is 46.1 Å². The molecule has 0 radical (unpaired) electrons. The lowest BCUT2D eigenvalue weighted by Gasteiger charge is -2.29. The van der Waals surface area contributed by atoms with Crippen LogP contribution in [0.1, 0.15) is 16.8 Å². The summed E-state index contributed by atoms with van der Waals surface area (Å²) in [5.74, 6) is 0.539. The summed E-state index contributed by atoms with van der Waals surface area (Å²) in [5.41, 5.74) is 8.91. The second kappa shape index (κ2) is 5.41. The van der Waals surface area contributed by atoms with Gasteiger partial charge < -0.3 is 10.6 Å². The van der Waals surface area contributed by atoms with Gasteiger partial charge in [0, 0.05) is 24.2 Å². The Morgan fingerprint density at radius 2 is 2.29 bits per heavy atom. The number of benzene rings is 1. The Bertz CT molecular complexity index is 695. The smallest absolute Gasteiger partial charge is 0.244 e. The number of anilines is 1. The van der Waals surface area contributed by atoms with E-state index in [1.165, 1.54) is 0 Å². The number of fused-ring (bicyclic) bond motifs is 1. The highest BCUT2D eigenvalue weighted by Crippen LogP contribution is 2.26. The lowest BCUT2D eigenvalue weighted by molar-refractivity contribution is -0.132. The standard InChI is InChI=1S/C15H17ClN4O/c1-10-7-14(17)20(18-10)9-15(21)19-6-5-12-11(8-19)3-2-4-13(12)16/h2-4,7H,5-6,8-9,17H2,1H3. The molecule has 1 aliphatic rings. The molecule has 1 aromatic heterocycles. The summed E-state index contributed by atoms with van der Waals surface area (Å²) in [5, 5.41) is 5.01. The molecule has 6 heteroatoms. The van der Waals surface area contributed by atoms with Crippen LogP contribution < -0.4 is 5.73 Å². The third-order valence-corrected chi connectivity index (χ3v) is 4.13. The Hall–Kier alpha value is -2.01. The highest BCUT2D eigenvalue weighted by Gasteiger charge is 2.22. The summed E-state index contributed by atoms with van der Waals surface area (Å²) in [6, 6.07) is 7.60. The topological polar surface area (TPSA) is 64.2 Å². The number of nitrogens with two attached hydrogens (primary N) is 1. The zero-order valence-electron chi connectivity index (χ0n) is 11.8. The van der Waals surface area contributed by atoms with Gasteiger partial charge in [-0.05, 0) is 30.5 Å². The van der Waals surface area contributed by atoms with Crippen LogP contribution in [0.15, 0.2) is 24.3 Å². The summed E-state index contributed by atoms with van der Waals surface area (Å²) in [6.45, 7) is 3.30. The number of hydrogen-bond donors (Lipinski definition) is 1. The zero-order valence-corrected chi connectivity index (χ0v) is 12.6. The number of rotatable bonds is 2. The van der Waals surface area contributed by atoms with Crippen LogP contribution in [-0.2, 0) is 24.3 Å². The number of amides is 1. The van der Waals surface area contributed by atoms with Crippen LogP contribution in [0.4, 0.5) is 5.82 Å². The quantitative estimate of drug-likeness (QED) is 0.923. The molecule has 5 nitrogen and oxygen atoms in total. The Kier molecular flexibility index (Phi) is 3.59. The van der Waals surface area contributed by atoms with Crippen molar-refractivity contribution in [2.75, 3.05) is 12.3 Å². The Labute approximate surface area is 128 Å². The first-order valence-electron chi connectivity index (χ1n) is 6.88. The predicted molar refractivity (Wildman–Crippen MR) is 81.9 cm³/mol. The van der Waals surface area contributed by atoms with Crippen LogP contribution in [-0.4, -0.2) is 27.1 Å². The maximum Gasteiger partial charge on any atom is 0.244 e. The molecule has 0 fully saturated rings. The number of nitrogen functional groups attached to an aromatic ring is 1. The van der Waals surface area contributed by atoms with Gasteiger partial charge in [0.25, 0.3) is 0 Å². The van der Waals surface area contributed by atoms with Crippen LogP contribution in [0.3, 0.4) is 0 Å². The van der Waals surface area contributed by atoms with Crippen molar-refractivity contribution < 1.29 is 4.79 Å². The van der Waals surface area contributed by atoms with Gasteiger partial charge in [-0.1, -0.05) is 23.7 Å². The molecule has 0 aliphatic carbocycles. The van der Waals surface area contributed by atoms with Crippen LogP contribution in [0.5, 0.6) is 0 Å². The number of nitrogens with zero attached hydrogens (tertiary/aromatic N) is 3. The fourth-order valence-corrected chi connectivity index (χ4v) is 2.98. The SMILES string of the molecule is Cc1cc(N)n(CC(=O)N2CCc3c(Cl)cccc3C2)n1. The third-order valence-electron chi connectivity index (χ3n) is 3.78. The van der Waals surface area contributed by atoms with E-state index in [1.807, 2.05) is 30.0 Å². The zero-order chi connectivity index (χ0) is 15.0. The van der Waals surface area contributed by atoms with Crippen molar-refractivity contribution >= 4 is 23.3 Å². The van der Waals surface area contributed by atoms with Crippen LogP contribution >= 0.6 is 11.6 Å². The number of halogens is 1. The van der Waals surface area contributed by atoms with Crippen molar-refractivity contribution in [2.24, 2.45) is 0 Å². The third kappa shape index (κ3) is 2.74. The van der Waals surface area contributed by atoms with Crippen molar-refractivity contribution in [1.82, 2.24) is 14.7 Å². The predicted octanol–water partition coefficient (Wildman–Crippen LogP) is 2.01. The molecule has 1 aliphatic heterocycles. The summed E-state index contributed by atoms with van der Waals surface area (Å²) in [6.07, 6.45) is 0.786. The minimum Gasteiger partial charge on any atom is -0.384 e. The molecular formula is C15H17ClN4O. The second-order valence-corrected chi connectivity index (χ2v) is 5.72. The number of aryl methyl sites for hydroxylation is 1. The molecule has 0 bridgehead atoms. The highest BCUT2D eigenvalue weighted by atomic mass is 35.5. The minimum atomic E-state index is 0.0235. The van der Waals surface area contributed by atoms with Crippen LogP contribution in [0.2, 0.25) is 5.02 Å². The van der Waals surface area contributed by atoms with E-state index in [4.69, 9.17) is 17.3 Å². The summed E-state index contributed by atoms with van der Waals surface area (Å²) in [7, 11) is 0. The van der Waals surface area contributed by atoms with E-state index in [9.17, 15) is 4.79 Å². The van der Waals surface area contributed by atoms with Gasteiger partial charge >= 0.3 is 0 Å². The highest BCUT2D eigenvalue weighted by molar-refractivity contribution is 6.31. The fourth-order valence-electron chi connectivity index (χ4n) is 2.70. The van der Waals surface area contributed by atoms with Gasteiger partial charge in [0.15, 0.2) is 0 Å². The molecule has 0 unspecified atom stereocenters. The molecule has 3 rings (SSSR count). The molecule has 0 saturated carbocycles. The normalized spacial score (nSPS) is 14.1. The van der Waals surface area contributed by atoms with Crippen molar-refractivity contribution in [2.45, 2.75) is 26.4 Å². The molecule has 21 heavy (non-hydrogen) atoms. The second-order valence-electron chi connectivity index (χ2n) is 5.31. The van der Waals surface area contributed by atoms with E-state index in [2.05, 4.69) is 5.10 Å². The van der Waals surface area contributed by atoms with E-state index in [0.717, 1.165) is 28.3 Å². The van der Waals surface area contributed by atoms with Crippen LogP contribution in [0.25, 0.3) is 0 Å². The van der Waals surface area contributed by atoms with E-state index >= 15 is 0 Å². The number of carbonyl (C=O) groups excluding carboxylic acids is 1. The first-order valence-corrected chi connectivity index (χ1v) is 7.26. The molecule has 2 heterocycles. The number of aromatic nitrogens is 2. The molecule has 0 spiro atoms. The average Bonchev–Trinajstić information content (AvgIpc) is 2.76. The molecule has 1 aromatic carbocycles. The number of carbonyl (C=O) groups is 1. The Morgan fingerprint density at radius 3 is 3.00 bits per heavy atom. The first-order chi connectivity index (χ1) is 10.0. The van der Waals surface area contributed by atoms with Crippen LogP contribution in [0, 0.1) is 6.92 Å². The molecule has 0 saturated heterocycles. The largest absolute Gasteiger partial charge is 0.384 e. The lowest BCUT2D eigenvalue weighted by Crippen LogP contribution is -2.38. The summed E-state index contributed by atoms with van der Waals surface area (Å²) >= 11 is 6.19. The van der Waals surface area contributed by atoms with Gasteiger partial charge in [0.1, 0.15) is 12.4 Å². The first kappa shape index (κ1) is 13.9. The molecular weight excluding hydrogens is 288 g/mol. The maximum atomic E-state index is 12.4. The van der Waals surface area contributed by atoms with Gasteiger partial charge in [0.2, 0.25) is 5.91 Å². The monoisotopic (exact) mass is 304 g/mol. The summed E-state index contributed by atoms with van der Waals surface area (Å²) < 4.78 is 1.55. The van der Waals surface area contributed by atoms with E-state index in [0.29, 0.717) is 18.9 Å². The average molecular weight is 305 g/mol. The van der Waals surface area contributed by atoms with E-state index < -0.39 is 0 Å². The van der Waals surface area contributed by atoms with E-state index in [1.54, 1.807) is 10.7 Å². The number of hydrogen-bond acceptors (Lipinski definition) is 3. The minimum absolute atomic E-state index is 0.0235. The fraction of sp³-hybridized carbons (Fsp3) is 0.333. The molecule has 2 aromatic rings. The molecule has 1 amide bonds. The van der Waals surface area contributed by atoms with Gasteiger partial charge in [-0.15, -0.1) is 0 Å². The van der Waals surface area contributed by atoms with Crippen molar-refractivity contribution in [3.63, 3.8) is 0 Å². The Morgan fingerprint density at radius 1 is 1.48 bits per heavy atom. The Balaban J connectivity index is 1.74. The lowest BCUT2D eigenvalue weighted by atomic mass is 10.00. The molecule has 110 valence electrons.